The van der Waals surface area contributed by atoms with Gasteiger partial charge >= 0.3 is 6.92 Å². The Hall–Kier alpha value is -7.96. The molecule has 0 unspecified atom stereocenters. The highest BCUT2D eigenvalue weighted by atomic mass is 16.5. The highest BCUT2D eigenvalue weighted by molar-refractivity contribution is 6.84. The minimum atomic E-state index is -0.328. The van der Waals surface area contributed by atoms with Crippen molar-refractivity contribution >= 4 is 83.4 Å². The summed E-state index contributed by atoms with van der Waals surface area (Å²) < 4.78 is 25.1. The molecule has 2 aliphatic rings. The summed E-state index contributed by atoms with van der Waals surface area (Å²) in [6.45, 7) is -0.328. The van der Waals surface area contributed by atoms with Gasteiger partial charge in [0.25, 0.3) is 0 Å². The van der Waals surface area contributed by atoms with E-state index in [4.69, 9.17) is 13.8 Å². The molecule has 3 aromatic heterocycles. The molecule has 2 aliphatic heterocycles. The number of rotatable bonds is 3. The average molecular weight is 767 g/mol. The van der Waals surface area contributed by atoms with Crippen LogP contribution in [0.3, 0.4) is 0 Å². The second-order valence-corrected chi connectivity index (χ2v) is 16.0. The first-order valence-electron chi connectivity index (χ1n) is 20.4. The maximum atomic E-state index is 7.06. The van der Waals surface area contributed by atoms with Gasteiger partial charge in [-0.3, -0.25) is 0 Å². The van der Waals surface area contributed by atoms with E-state index in [9.17, 15) is 0 Å². The zero-order chi connectivity index (χ0) is 39.1. The smallest absolute Gasteiger partial charge is 0.434 e. The SMILES string of the molecule is c1ccc2c(c1)Oc1cc(-n3c4ccccc4c4cc(-n5c6ccccc6c6ccccc65)ccc43)cc3c1B2Oc1cc(-c2cccc4c2oc2ccccc24)ccc1-3. The van der Waals surface area contributed by atoms with Crippen molar-refractivity contribution < 1.29 is 13.8 Å². The number of hydrogen-bond donors (Lipinski definition) is 0. The van der Waals surface area contributed by atoms with Crippen LogP contribution < -0.4 is 20.3 Å². The highest BCUT2D eigenvalue weighted by Gasteiger charge is 2.41. The lowest BCUT2D eigenvalue weighted by molar-refractivity contribution is 0.479. The molecule has 5 nitrogen and oxygen atoms in total. The van der Waals surface area contributed by atoms with Crippen LogP contribution in [-0.2, 0) is 0 Å². The summed E-state index contributed by atoms with van der Waals surface area (Å²) in [7, 11) is 0. The van der Waals surface area contributed by atoms with Gasteiger partial charge in [0.1, 0.15) is 28.4 Å². The summed E-state index contributed by atoms with van der Waals surface area (Å²) in [6, 6.07) is 67.0. The zero-order valence-corrected chi connectivity index (χ0v) is 32.1. The maximum Gasteiger partial charge on any atom is 0.434 e. The Morgan fingerprint density at radius 2 is 1.03 bits per heavy atom. The van der Waals surface area contributed by atoms with Crippen molar-refractivity contribution in [3.8, 4) is 50.9 Å². The van der Waals surface area contributed by atoms with Crippen LogP contribution in [0.15, 0.2) is 192 Å². The molecule has 0 bridgehead atoms. The molecule has 60 heavy (non-hydrogen) atoms. The van der Waals surface area contributed by atoms with Gasteiger partial charge in [0.15, 0.2) is 0 Å². The molecule has 0 spiro atoms. The van der Waals surface area contributed by atoms with E-state index in [1.165, 1.54) is 32.6 Å². The van der Waals surface area contributed by atoms with Gasteiger partial charge in [-0.2, -0.15) is 0 Å². The fourth-order valence-electron chi connectivity index (χ4n) is 10.2. The molecule has 0 saturated heterocycles. The van der Waals surface area contributed by atoms with Gasteiger partial charge in [0, 0.05) is 66.1 Å². The van der Waals surface area contributed by atoms with E-state index in [-0.39, 0.29) is 6.92 Å². The molecule has 0 aliphatic carbocycles. The maximum absolute atomic E-state index is 7.06. The van der Waals surface area contributed by atoms with Crippen molar-refractivity contribution in [3.63, 3.8) is 0 Å². The lowest BCUT2D eigenvalue weighted by atomic mass is 9.51. The Balaban J connectivity index is 0.984. The van der Waals surface area contributed by atoms with Crippen molar-refractivity contribution in [1.29, 1.82) is 0 Å². The first-order valence-corrected chi connectivity index (χ1v) is 20.4. The fourth-order valence-corrected chi connectivity index (χ4v) is 10.2. The summed E-state index contributed by atoms with van der Waals surface area (Å²) in [5.74, 6) is 2.44. The fraction of sp³-hybridized carbons (Fsp3) is 0. The van der Waals surface area contributed by atoms with E-state index in [0.717, 1.165) is 94.8 Å². The van der Waals surface area contributed by atoms with Crippen LogP contribution >= 0.6 is 0 Å². The first kappa shape index (κ1) is 32.1. The van der Waals surface area contributed by atoms with Crippen molar-refractivity contribution in [2.24, 2.45) is 0 Å². The standard InChI is InChI=1S/C54H31BN2O3/c1-6-19-45-36(12-1)37-13-2-7-20-46(37)56(45)33-25-27-48-42(29-33)38-14-3-8-21-47(38)57(48)34-30-43-40-26-24-32(35-16-11-17-41-39-15-4-9-22-49(39)59-54(35)41)28-51(40)60-55-44-18-5-10-23-50(44)58-52(31-34)53(43)55/h1-31H. The number of fused-ring (bicyclic) bond motifs is 13. The molecule has 0 atom stereocenters. The normalized spacial score (nSPS) is 12.9. The molecule has 12 aromatic rings. The molecular formula is C54H31BN2O3. The van der Waals surface area contributed by atoms with E-state index in [0.29, 0.717) is 0 Å². The van der Waals surface area contributed by atoms with Gasteiger partial charge in [0.05, 0.1) is 27.8 Å². The molecule has 278 valence electrons. The molecule has 9 aromatic carbocycles. The number of ether oxygens (including phenoxy) is 1. The Morgan fingerprint density at radius 3 is 1.83 bits per heavy atom. The number of para-hydroxylation sites is 6. The predicted octanol–water partition coefficient (Wildman–Crippen LogP) is 12.7. The number of hydrogen-bond acceptors (Lipinski definition) is 3. The number of furan rings is 1. The van der Waals surface area contributed by atoms with Gasteiger partial charge in [-0.25, -0.2) is 0 Å². The van der Waals surface area contributed by atoms with Gasteiger partial charge in [-0.15, -0.1) is 0 Å². The first-order chi connectivity index (χ1) is 29.7. The lowest BCUT2D eigenvalue weighted by Crippen LogP contribution is -2.53. The lowest BCUT2D eigenvalue weighted by Gasteiger charge is -2.33. The van der Waals surface area contributed by atoms with E-state index in [2.05, 4.69) is 173 Å². The van der Waals surface area contributed by atoms with E-state index < -0.39 is 0 Å². The molecule has 0 radical (unpaired) electrons. The van der Waals surface area contributed by atoms with E-state index in [1.807, 2.05) is 24.3 Å². The number of aromatic nitrogens is 2. The van der Waals surface area contributed by atoms with Gasteiger partial charge < -0.3 is 22.9 Å². The minimum absolute atomic E-state index is 0.328. The van der Waals surface area contributed by atoms with Crippen molar-refractivity contribution in [2.75, 3.05) is 0 Å². The second-order valence-electron chi connectivity index (χ2n) is 16.0. The topological polar surface area (TPSA) is 41.5 Å². The van der Waals surface area contributed by atoms with Crippen LogP contribution in [0.4, 0.5) is 0 Å². The summed E-state index contributed by atoms with van der Waals surface area (Å²) in [5.41, 5.74) is 14.8. The minimum Gasteiger partial charge on any atom is -0.551 e. The van der Waals surface area contributed by atoms with Crippen molar-refractivity contribution in [1.82, 2.24) is 9.13 Å². The zero-order valence-electron chi connectivity index (χ0n) is 32.1. The van der Waals surface area contributed by atoms with Crippen LogP contribution in [-0.4, -0.2) is 16.0 Å². The number of nitrogens with zero attached hydrogens (tertiary/aromatic N) is 2. The summed E-state index contributed by atoms with van der Waals surface area (Å²) >= 11 is 0. The largest absolute Gasteiger partial charge is 0.551 e. The molecule has 5 heterocycles. The Morgan fingerprint density at radius 1 is 0.383 bits per heavy atom. The quantitative estimate of drug-likeness (QED) is 0.168. The molecule has 0 saturated carbocycles. The Labute approximate surface area is 344 Å². The third-order valence-electron chi connectivity index (χ3n) is 12.8. The van der Waals surface area contributed by atoms with Crippen LogP contribution in [0.25, 0.3) is 99.2 Å². The number of benzene rings is 9. The van der Waals surface area contributed by atoms with E-state index >= 15 is 0 Å². The van der Waals surface area contributed by atoms with Crippen molar-refractivity contribution in [3.05, 3.63) is 188 Å². The molecule has 0 N–H and O–H groups in total. The average Bonchev–Trinajstić information content (AvgIpc) is 3.96. The monoisotopic (exact) mass is 766 g/mol. The van der Waals surface area contributed by atoms with Gasteiger partial charge in [0.2, 0.25) is 0 Å². The van der Waals surface area contributed by atoms with Crippen LogP contribution in [0, 0.1) is 0 Å². The summed E-state index contributed by atoms with van der Waals surface area (Å²) in [6.07, 6.45) is 0. The predicted molar refractivity (Wildman–Crippen MR) is 245 cm³/mol. The second kappa shape index (κ2) is 11.8. The third-order valence-corrected chi connectivity index (χ3v) is 12.8. The van der Waals surface area contributed by atoms with Crippen LogP contribution in [0.5, 0.6) is 17.2 Å². The van der Waals surface area contributed by atoms with Crippen molar-refractivity contribution in [2.45, 2.75) is 0 Å². The molecule has 0 fully saturated rings. The van der Waals surface area contributed by atoms with Gasteiger partial charge in [-0.05, 0) is 71.8 Å². The molecule has 0 amide bonds. The summed E-state index contributed by atoms with van der Waals surface area (Å²) in [5, 5.41) is 7.10. The highest BCUT2D eigenvalue weighted by Crippen LogP contribution is 2.45. The molecule has 6 heteroatoms. The molecule has 14 rings (SSSR count). The van der Waals surface area contributed by atoms with Crippen LogP contribution in [0.2, 0.25) is 0 Å². The summed E-state index contributed by atoms with van der Waals surface area (Å²) in [4.78, 5) is 0. The van der Waals surface area contributed by atoms with Gasteiger partial charge in [-0.1, -0.05) is 121 Å². The molecular weight excluding hydrogens is 735 g/mol. The Bertz CT molecular complexity index is 3760. The van der Waals surface area contributed by atoms with E-state index in [1.54, 1.807) is 0 Å². The third kappa shape index (κ3) is 4.31. The Kier molecular flexibility index (Phi) is 6.31. The van der Waals surface area contributed by atoms with Crippen LogP contribution in [0.1, 0.15) is 0 Å².